The van der Waals surface area contributed by atoms with E-state index in [1.807, 2.05) is 6.08 Å². The maximum absolute atomic E-state index is 12.9. The summed E-state index contributed by atoms with van der Waals surface area (Å²) in [4.78, 5) is 25.7. The Balaban J connectivity index is 1.63. The van der Waals surface area contributed by atoms with E-state index in [9.17, 15) is 9.59 Å². The third kappa shape index (κ3) is 2.18. The molecule has 0 unspecified atom stereocenters. The van der Waals surface area contributed by atoms with E-state index >= 15 is 0 Å². The minimum atomic E-state index is -0.613. The van der Waals surface area contributed by atoms with Crippen molar-refractivity contribution in [2.45, 2.75) is 70.8 Å². The normalized spacial score (nSPS) is 37.1. The number of esters is 2. The minimum Gasteiger partial charge on any atom is -0.450 e. The highest BCUT2D eigenvalue weighted by Crippen LogP contribution is 2.68. The number of rotatable bonds is 4. The molecule has 0 aromatic heterocycles. The third-order valence-corrected chi connectivity index (χ3v) is 7.38. The van der Waals surface area contributed by atoms with Crippen LogP contribution in [-0.4, -0.2) is 17.5 Å². The zero-order chi connectivity index (χ0) is 19.5. The molecule has 0 aromatic rings. The van der Waals surface area contributed by atoms with Gasteiger partial charge in [0.1, 0.15) is 11.4 Å². The van der Waals surface area contributed by atoms with E-state index < -0.39 is 5.60 Å². The molecular formula is C24H28O4. The van der Waals surface area contributed by atoms with Crippen molar-refractivity contribution in [2.24, 2.45) is 17.8 Å². The van der Waals surface area contributed by atoms with E-state index in [1.54, 1.807) is 0 Å². The number of ether oxygens (including phenoxy) is 2. The molecule has 148 valence electrons. The zero-order valence-electron chi connectivity index (χ0n) is 16.8. The number of fused-ring (bicyclic) bond motifs is 4. The van der Waals surface area contributed by atoms with E-state index in [2.05, 4.69) is 26.0 Å². The molecule has 5 rings (SSSR count). The fraction of sp³-hybridized carbons (Fsp3) is 0.583. The minimum absolute atomic E-state index is 0.0317. The Labute approximate surface area is 166 Å². The second-order valence-corrected chi connectivity index (χ2v) is 8.73. The summed E-state index contributed by atoms with van der Waals surface area (Å²) in [5.74, 6) is 1.04. The van der Waals surface area contributed by atoms with Crippen LogP contribution in [0.2, 0.25) is 0 Å². The average Bonchev–Trinajstić information content (AvgIpc) is 3.19. The average molecular weight is 380 g/mol. The van der Waals surface area contributed by atoms with Gasteiger partial charge in [-0.1, -0.05) is 38.8 Å². The Morgan fingerprint density at radius 3 is 2.82 bits per heavy atom. The number of carbonyl (C=O) groups excluding carboxylic acids is 2. The van der Waals surface area contributed by atoms with Gasteiger partial charge < -0.3 is 9.47 Å². The van der Waals surface area contributed by atoms with Gasteiger partial charge in [0.05, 0.1) is 11.1 Å². The molecule has 28 heavy (non-hydrogen) atoms. The first-order valence-corrected chi connectivity index (χ1v) is 10.9. The van der Waals surface area contributed by atoms with Crippen LogP contribution in [0.25, 0.3) is 0 Å². The van der Waals surface area contributed by atoms with Crippen LogP contribution in [0.15, 0.2) is 46.3 Å². The van der Waals surface area contributed by atoms with Crippen molar-refractivity contribution in [3.05, 3.63) is 46.3 Å². The highest BCUT2D eigenvalue weighted by atomic mass is 16.6. The van der Waals surface area contributed by atoms with Crippen molar-refractivity contribution in [2.75, 3.05) is 0 Å². The van der Waals surface area contributed by atoms with Crippen molar-refractivity contribution in [1.29, 1.82) is 0 Å². The molecule has 4 nitrogen and oxygen atoms in total. The molecular weight excluding hydrogens is 352 g/mol. The van der Waals surface area contributed by atoms with Crippen LogP contribution in [0.3, 0.4) is 0 Å². The fourth-order valence-electron chi connectivity index (χ4n) is 6.39. The molecule has 0 radical (unpaired) electrons. The number of hydrogen-bond acceptors (Lipinski definition) is 4. The van der Waals surface area contributed by atoms with Crippen molar-refractivity contribution >= 4 is 11.9 Å². The highest BCUT2D eigenvalue weighted by Gasteiger charge is 2.71. The van der Waals surface area contributed by atoms with E-state index in [4.69, 9.17) is 9.47 Å². The van der Waals surface area contributed by atoms with Gasteiger partial charge >= 0.3 is 11.9 Å². The predicted molar refractivity (Wildman–Crippen MR) is 105 cm³/mol. The topological polar surface area (TPSA) is 52.6 Å². The molecule has 0 bridgehead atoms. The van der Waals surface area contributed by atoms with E-state index in [0.717, 1.165) is 79.4 Å². The first-order chi connectivity index (χ1) is 13.6. The van der Waals surface area contributed by atoms with Crippen molar-refractivity contribution in [3.63, 3.8) is 0 Å². The molecule has 1 fully saturated rings. The van der Waals surface area contributed by atoms with Gasteiger partial charge in [-0.2, -0.15) is 0 Å². The lowest BCUT2D eigenvalue weighted by Crippen LogP contribution is -2.65. The predicted octanol–water partition coefficient (Wildman–Crippen LogP) is 4.92. The van der Waals surface area contributed by atoms with E-state index in [0.29, 0.717) is 11.8 Å². The molecule has 1 saturated carbocycles. The Morgan fingerprint density at radius 2 is 2.04 bits per heavy atom. The smallest absolute Gasteiger partial charge is 0.340 e. The van der Waals surface area contributed by atoms with E-state index in [1.165, 1.54) is 0 Å². The molecule has 0 aromatic carbocycles. The Hall–Kier alpha value is -2.10. The van der Waals surface area contributed by atoms with Gasteiger partial charge in [-0.25, -0.2) is 9.59 Å². The summed E-state index contributed by atoms with van der Waals surface area (Å²) in [7, 11) is 0. The number of hydrogen-bond donors (Lipinski definition) is 0. The lowest BCUT2D eigenvalue weighted by Gasteiger charge is -2.61. The third-order valence-electron chi connectivity index (χ3n) is 7.38. The van der Waals surface area contributed by atoms with Gasteiger partial charge in [0, 0.05) is 17.4 Å². The fourth-order valence-corrected chi connectivity index (χ4v) is 6.39. The first kappa shape index (κ1) is 18.0. The van der Waals surface area contributed by atoms with Crippen LogP contribution in [0.5, 0.6) is 0 Å². The summed E-state index contributed by atoms with van der Waals surface area (Å²) in [6.07, 6.45) is 13.8. The quantitative estimate of drug-likeness (QED) is 0.650. The summed E-state index contributed by atoms with van der Waals surface area (Å²) in [6.45, 7) is 4.32. The van der Waals surface area contributed by atoms with Gasteiger partial charge in [-0.3, -0.25) is 0 Å². The van der Waals surface area contributed by atoms with Gasteiger partial charge in [0.2, 0.25) is 0 Å². The molecule has 4 heteroatoms. The molecule has 2 heterocycles. The van der Waals surface area contributed by atoms with Gasteiger partial charge in [-0.15, -0.1) is 0 Å². The van der Waals surface area contributed by atoms with Crippen molar-refractivity contribution < 1.29 is 19.1 Å². The molecule has 4 atom stereocenters. The second kappa shape index (κ2) is 6.47. The highest BCUT2D eigenvalue weighted by molar-refractivity contribution is 5.99. The lowest BCUT2D eigenvalue weighted by molar-refractivity contribution is -0.197. The van der Waals surface area contributed by atoms with Crippen molar-refractivity contribution in [3.8, 4) is 0 Å². The first-order valence-electron chi connectivity index (χ1n) is 10.9. The number of allylic oxidation sites excluding steroid dienone is 3. The number of carbonyl (C=O) groups is 2. The van der Waals surface area contributed by atoms with Crippen LogP contribution in [0, 0.1) is 17.8 Å². The standard InChI is InChI=1S/C24H28O4/c1-3-5-11-19-16-13-12-14-17(8-4-2)24(21(14)20(16)23(26)27-19)18-10-7-6-9-15(18)22(25)28-24/h6,9,11,14,17,21H,3-5,7-8,10,12-13H2,1-2H3/b19-11+/t14-,17-,21-,24-/m1/s1. The lowest BCUT2D eigenvalue weighted by atomic mass is 9.44. The maximum Gasteiger partial charge on any atom is 0.340 e. The summed E-state index contributed by atoms with van der Waals surface area (Å²) in [5.41, 5.74) is 3.16. The number of unbranched alkanes of at least 4 members (excludes halogenated alkanes) is 1. The molecule has 0 amide bonds. The van der Waals surface area contributed by atoms with Crippen molar-refractivity contribution in [1.82, 2.24) is 0 Å². The Kier molecular flexibility index (Phi) is 4.15. The largest absolute Gasteiger partial charge is 0.450 e. The van der Waals surface area contributed by atoms with Crippen LogP contribution in [0.4, 0.5) is 0 Å². The SMILES string of the molecule is CCC/C=C1/OC(=O)C2=C1CC[C@@H]1[C@@H](CCC)[C@]3(OC(=O)C4=C3CCC=C4)[C@@H]21. The summed E-state index contributed by atoms with van der Waals surface area (Å²) in [5, 5.41) is 0. The van der Waals surface area contributed by atoms with Gasteiger partial charge in [-0.05, 0) is 56.1 Å². The monoisotopic (exact) mass is 380 g/mol. The molecule has 1 spiro atoms. The van der Waals surface area contributed by atoms with Crippen LogP contribution < -0.4 is 0 Å². The maximum atomic E-state index is 12.9. The zero-order valence-corrected chi connectivity index (χ0v) is 16.8. The number of cyclic esters (lactones) is 1. The van der Waals surface area contributed by atoms with Crippen LogP contribution in [-0.2, 0) is 19.1 Å². The Morgan fingerprint density at radius 1 is 1.18 bits per heavy atom. The molecule has 5 aliphatic rings. The van der Waals surface area contributed by atoms with E-state index in [-0.39, 0.29) is 17.9 Å². The molecule has 3 aliphatic carbocycles. The molecule has 2 aliphatic heterocycles. The summed E-state index contributed by atoms with van der Waals surface area (Å²) in [6, 6.07) is 0. The van der Waals surface area contributed by atoms with Crippen LogP contribution in [0.1, 0.15) is 65.2 Å². The second-order valence-electron chi connectivity index (χ2n) is 8.73. The van der Waals surface area contributed by atoms with Gasteiger partial charge in [0.15, 0.2) is 0 Å². The summed E-state index contributed by atoms with van der Waals surface area (Å²) >= 11 is 0. The molecule has 0 N–H and O–H groups in total. The van der Waals surface area contributed by atoms with Gasteiger partial charge in [0.25, 0.3) is 0 Å². The molecule has 0 saturated heterocycles. The Bertz CT molecular complexity index is 871. The summed E-state index contributed by atoms with van der Waals surface area (Å²) < 4.78 is 11.9. The van der Waals surface area contributed by atoms with Crippen LogP contribution >= 0.6 is 0 Å².